The first-order valence-electron chi connectivity index (χ1n) is 10.4. The van der Waals surface area contributed by atoms with Crippen LogP contribution in [-0.4, -0.2) is 5.97 Å². The van der Waals surface area contributed by atoms with Crippen molar-refractivity contribution in [3.05, 3.63) is 64.0 Å². The Morgan fingerprint density at radius 2 is 1.68 bits per heavy atom. The molecule has 2 aromatic carbocycles. The van der Waals surface area contributed by atoms with Crippen LogP contribution in [-0.2, 0) is 6.42 Å². The molecule has 1 aliphatic carbocycles. The monoisotopic (exact) mass is 382 g/mol. The van der Waals surface area contributed by atoms with E-state index in [9.17, 15) is 9.18 Å². The Labute approximate surface area is 168 Å². The third kappa shape index (κ3) is 5.01. The van der Waals surface area contributed by atoms with Crippen molar-refractivity contribution in [2.75, 3.05) is 0 Å². The Hall–Kier alpha value is -2.16. The number of ether oxygens (including phenoxy) is 1. The summed E-state index contributed by atoms with van der Waals surface area (Å²) in [6, 6.07) is 8.55. The first-order chi connectivity index (χ1) is 13.3. The molecule has 3 rings (SSSR count). The molecule has 28 heavy (non-hydrogen) atoms. The highest BCUT2D eigenvalue weighted by molar-refractivity contribution is 5.91. The smallest absolute Gasteiger partial charge is 0.346 e. The predicted molar refractivity (Wildman–Crippen MR) is 111 cm³/mol. The largest absolute Gasteiger partial charge is 0.423 e. The highest BCUT2D eigenvalue weighted by Gasteiger charge is 2.19. The van der Waals surface area contributed by atoms with Crippen LogP contribution < -0.4 is 4.74 Å². The summed E-state index contributed by atoms with van der Waals surface area (Å²) >= 11 is 0. The number of rotatable bonds is 5. The second-order valence-corrected chi connectivity index (χ2v) is 8.55. The van der Waals surface area contributed by atoms with Gasteiger partial charge in [-0.1, -0.05) is 38.7 Å². The number of carbonyl (C=O) groups excluding carboxylic acids is 1. The van der Waals surface area contributed by atoms with E-state index in [0.717, 1.165) is 41.4 Å². The molecule has 1 saturated carbocycles. The van der Waals surface area contributed by atoms with Gasteiger partial charge in [0, 0.05) is 0 Å². The van der Waals surface area contributed by atoms with Crippen LogP contribution in [0.2, 0.25) is 0 Å². The number of hydrogen-bond donors (Lipinski definition) is 0. The Kier molecular flexibility index (Phi) is 6.53. The van der Waals surface area contributed by atoms with Crippen molar-refractivity contribution in [2.45, 2.75) is 66.2 Å². The lowest BCUT2D eigenvalue weighted by Crippen LogP contribution is -2.13. The molecule has 0 unspecified atom stereocenters. The lowest BCUT2D eigenvalue weighted by Gasteiger charge is -2.26. The van der Waals surface area contributed by atoms with Crippen molar-refractivity contribution < 1.29 is 13.9 Å². The minimum absolute atomic E-state index is 0.00822. The maximum atomic E-state index is 14.5. The molecule has 0 aromatic heterocycles. The van der Waals surface area contributed by atoms with Crippen LogP contribution in [0.4, 0.5) is 4.39 Å². The molecule has 0 saturated heterocycles. The van der Waals surface area contributed by atoms with Crippen LogP contribution in [0.15, 0.2) is 30.3 Å². The molecule has 2 nitrogen and oxygen atoms in total. The summed E-state index contributed by atoms with van der Waals surface area (Å²) in [5.41, 5.74) is 4.22. The number of hydrogen-bond acceptors (Lipinski definition) is 2. The summed E-state index contributed by atoms with van der Waals surface area (Å²) in [7, 11) is 0. The summed E-state index contributed by atoms with van der Waals surface area (Å²) in [5.74, 6) is 0.908. The van der Waals surface area contributed by atoms with Crippen molar-refractivity contribution in [3.8, 4) is 5.75 Å². The molecule has 0 aliphatic heterocycles. The number of aryl methyl sites for hydroxylation is 3. The number of esters is 1. The standard InChI is InChI=1S/C25H31FO2/c1-16-5-7-20(8-6-16)9-10-21-11-12-23(24(26)15-21)25(27)28-22-13-17(2)19(4)18(3)14-22/h11-16,20H,5-10H2,1-4H3. The Morgan fingerprint density at radius 1 is 1.04 bits per heavy atom. The summed E-state index contributed by atoms with van der Waals surface area (Å²) < 4.78 is 20.0. The normalized spacial score (nSPS) is 19.5. The number of benzene rings is 2. The van der Waals surface area contributed by atoms with Gasteiger partial charge in [-0.15, -0.1) is 0 Å². The predicted octanol–water partition coefficient (Wildman–Crippen LogP) is 6.73. The van der Waals surface area contributed by atoms with Crippen LogP contribution in [0, 0.1) is 38.4 Å². The van der Waals surface area contributed by atoms with E-state index in [1.54, 1.807) is 6.07 Å². The van der Waals surface area contributed by atoms with Gasteiger partial charge in [0.1, 0.15) is 11.6 Å². The molecule has 0 bridgehead atoms. The van der Waals surface area contributed by atoms with Crippen molar-refractivity contribution >= 4 is 5.97 Å². The molecular formula is C25H31FO2. The van der Waals surface area contributed by atoms with Crippen molar-refractivity contribution in [3.63, 3.8) is 0 Å². The van der Waals surface area contributed by atoms with Crippen LogP contribution in [0.5, 0.6) is 5.75 Å². The zero-order chi connectivity index (χ0) is 20.3. The summed E-state index contributed by atoms with van der Waals surface area (Å²) in [4.78, 5) is 12.4. The average molecular weight is 383 g/mol. The molecule has 2 aromatic rings. The first-order valence-corrected chi connectivity index (χ1v) is 10.4. The summed E-state index contributed by atoms with van der Waals surface area (Å²) in [5, 5.41) is 0. The van der Waals surface area contributed by atoms with E-state index in [2.05, 4.69) is 6.92 Å². The minimum atomic E-state index is -0.645. The third-order valence-corrected chi connectivity index (χ3v) is 6.34. The first kappa shape index (κ1) is 20.6. The van der Waals surface area contributed by atoms with E-state index in [1.165, 1.54) is 37.3 Å². The molecule has 0 spiro atoms. The van der Waals surface area contributed by atoms with Crippen LogP contribution >= 0.6 is 0 Å². The van der Waals surface area contributed by atoms with E-state index in [0.29, 0.717) is 5.75 Å². The molecule has 150 valence electrons. The second-order valence-electron chi connectivity index (χ2n) is 8.55. The quantitative estimate of drug-likeness (QED) is 0.423. The van der Waals surface area contributed by atoms with Gasteiger partial charge in [-0.25, -0.2) is 9.18 Å². The second kappa shape index (κ2) is 8.89. The number of halogens is 1. The van der Waals surface area contributed by atoms with Crippen molar-refractivity contribution in [1.82, 2.24) is 0 Å². The van der Waals surface area contributed by atoms with E-state index < -0.39 is 11.8 Å². The van der Waals surface area contributed by atoms with E-state index in [1.807, 2.05) is 39.0 Å². The van der Waals surface area contributed by atoms with E-state index >= 15 is 0 Å². The maximum absolute atomic E-state index is 14.5. The van der Waals surface area contributed by atoms with Gasteiger partial charge in [0.25, 0.3) is 0 Å². The third-order valence-electron chi connectivity index (χ3n) is 6.34. The summed E-state index contributed by atoms with van der Waals surface area (Å²) in [6.45, 7) is 8.30. The van der Waals surface area contributed by atoms with Crippen molar-refractivity contribution in [1.29, 1.82) is 0 Å². The van der Waals surface area contributed by atoms with Crippen molar-refractivity contribution in [2.24, 2.45) is 11.8 Å². The molecule has 0 radical (unpaired) electrons. The Bertz CT molecular complexity index is 825. The fourth-order valence-electron chi connectivity index (χ4n) is 4.09. The molecule has 0 N–H and O–H groups in total. The van der Waals surface area contributed by atoms with Gasteiger partial charge in [0.15, 0.2) is 0 Å². The fourth-order valence-corrected chi connectivity index (χ4v) is 4.09. The fraction of sp³-hybridized carbons (Fsp3) is 0.480. The lowest BCUT2D eigenvalue weighted by molar-refractivity contribution is 0.0729. The van der Waals surface area contributed by atoms with Gasteiger partial charge in [0.2, 0.25) is 0 Å². The molecule has 0 atom stereocenters. The lowest BCUT2D eigenvalue weighted by atomic mass is 9.80. The topological polar surface area (TPSA) is 26.3 Å². The molecule has 0 amide bonds. The minimum Gasteiger partial charge on any atom is -0.423 e. The van der Waals surface area contributed by atoms with Crippen LogP contribution in [0.3, 0.4) is 0 Å². The van der Waals surface area contributed by atoms with Crippen LogP contribution in [0.25, 0.3) is 0 Å². The van der Waals surface area contributed by atoms with Gasteiger partial charge < -0.3 is 4.74 Å². The van der Waals surface area contributed by atoms with Gasteiger partial charge in [-0.3, -0.25) is 0 Å². The average Bonchev–Trinajstić information content (AvgIpc) is 2.65. The molecule has 3 heteroatoms. The van der Waals surface area contributed by atoms with Crippen LogP contribution in [0.1, 0.15) is 71.6 Å². The zero-order valence-corrected chi connectivity index (χ0v) is 17.5. The maximum Gasteiger partial charge on any atom is 0.346 e. The number of carbonyl (C=O) groups is 1. The molecular weight excluding hydrogens is 351 g/mol. The molecule has 1 aliphatic rings. The zero-order valence-electron chi connectivity index (χ0n) is 17.5. The van der Waals surface area contributed by atoms with Gasteiger partial charge in [0.05, 0.1) is 5.56 Å². The molecule has 0 heterocycles. The van der Waals surface area contributed by atoms with Gasteiger partial charge in [-0.2, -0.15) is 0 Å². The highest BCUT2D eigenvalue weighted by Crippen LogP contribution is 2.31. The van der Waals surface area contributed by atoms with E-state index in [-0.39, 0.29) is 5.56 Å². The Balaban J connectivity index is 1.62. The van der Waals surface area contributed by atoms with Gasteiger partial charge >= 0.3 is 5.97 Å². The highest BCUT2D eigenvalue weighted by atomic mass is 19.1. The van der Waals surface area contributed by atoms with Gasteiger partial charge in [-0.05, 0) is 92.0 Å². The SMILES string of the molecule is Cc1cc(OC(=O)c2ccc(CCC3CCC(C)CC3)cc2F)cc(C)c1C. The molecule has 1 fully saturated rings. The van der Waals surface area contributed by atoms with E-state index in [4.69, 9.17) is 4.74 Å². The Morgan fingerprint density at radius 3 is 2.29 bits per heavy atom. The summed E-state index contributed by atoms with van der Waals surface area (Å²) in [6.07, 6.45) is 7.13.